The Labute approximate surface area is 140 Å². The number of nitrogens with one attached hydrogen (secondary N) is 2. The molecule has 1 aromatic heterocycles. The van der Waals surface area contributed by atoms with Gasteiger partial charge in [0, 0.05) is 24.5 Å². The maximum atomic E-state index is 12.9. The smallest absolute Gasteiger partial charge is 0.309 e. The Balaban J connectivity index is 2.14. The molecule has 0 aliphatic heterocycles. The first-order chi connectivity index (χ1) is 11.3. The van der Waals surface area contributed by atoms with Crippen LogP contribution in [0, 0.1) is 11.3 Å². The molecule has 24 heavy (non-hydrogen) atoms. The largest absolute Gasteiger partial charge is 0.417 e. The molecule has 5 nitrogen and oxygen atoms in total. The number of alkyl halides is 3. The number of aromatic amines is 1. The first-order valence-electron chi connectivity index (χ1n) is 6.90. The number of nitriles is 1. The van der Waals surface area contributed by atoms with Crippen LogP contribution >= 0.6 is 11.6 Å². The molecule has 0 bridgehead atoms. The van der Waals surface area contributed by atoms with Gasteiger partial charge in [0.2, 0.25) is 5.91 Å². The van der Waals surface area contributed by atoms with Crippen molar-refractivity contribution in [3.63, 3.8) is 0 Å². The van der Waals surface area contributed by atoms with Crippen LogP contribution in [0.2, 0.25) is 5.02 Å². The van der Waals surface area contributed by atoms with Gasteiger partial charge >= 0.3 is 6.18 Å². The summed E-state index contributed by atoms with van der Waals surface area (Å²) in [6, 6.07) is 6.84. The number of rotatable bonds is 5. The van der Waals surface area contributed by atoms with E-state index in [1.807, 2.05) is 6.07 Å². The number of anilines is 1. The van der Waals surface area contributed by atoms with Gasteiger partial charge in [0.1, 0.15) is 0 Å². The number of hydrogen-bond donors (Lipinski definition) is 2. The van der Waals surface area contributed by atoms with E-state index in [0.717, 1.165) is 12.1 Å². The van der Waals surface area contributed by atoms with E-state index in [-0.39, 0.29) is 30.1 Å². The van der Waals surface area contributed by atoms with Crippen molar-refractivity contribution < 1.29 is 18.0 Å². The third-order valence-corrected chi connectivity index (χ3v) is 3.45. The predicted octanol–water partition coefficient (Wildman–Crippen LogP) is 4.38. The van der Waals surface area contributed by atoms with Gasteiger partial charge in [-0.3, -0.25) is 9.89 Å². The Kier molecular flexibility index (Phi) is 5.46. The van der Waals surface area contributed by atoms with E-state index < -0.39 is 16.8 Å². The van der Waals surface area contributed by atoms with Gasteiger partial charge < -0.3 is 5.32 Å². The number of nitrogens with zero attached hydrogens (tertiary/aromatic N) is 2. The molecule has 2 rings (SSSR count). The van der Waals surface area contributed by atoms with Crippen molar-refractivity contribution in [1.29, 1.82) is 5.26 Å². The fraction of sp³-hybridized carbons (Fsp3) is 0.267. The van der Waals surface area contributed by atoms with Crippen LogP contribution in [0.1, 0.15) is 24.8 Å². The summed E-state index contributed by atoms with van der Waals surface area (Å²) in [5.41, 5.74) is -0.396. The van der Waals surface area contributed by atoms with Crippen molar-refractivity contribution in [1.82, 2.24) is 10.2 Å². The maximum Gasteiger partial charge on any atom is 0.417 e. The Morgan fingerprint density at radius 3 is 2.79 bits per heavy atom. The zero-order chi connectivity index (χ0) is 17.7. The minimum Gasteiger partial charge on any atom is -0.309 e. The van der Waals surface area contributed by atoms with Gasteiger partial charge in [-0.1, -0.05) is 17.7 Å². The highest BCUT2D eigenvalue weighted by molar-refractivity contribution is 6.31. The molecule has 0 atom stereocenters. The molecule has 0 aliphatic carbocycles. The average Bonchev–Trinajstić information content (AvgIpc) is 2.95. The lowest BCUT2D eigenvalue weighted by molar-refractivity contribution is -0.137. The highest BCUT2D eigenvalue weighted by Crippen LogP contribution is 2.37. The SMILES string of the molecule is N#CCCCC(=O)Nc1cc(-c2ccc(Cl)c(C(F)(F)F)c2)[nH]n1. The summed E-state index contributed by atoms with van der Waals surface area (Å²) >= 11 is 5.58. The molecular weight excluding hydrogens is 345 g/mol. The van der Waals surface area contributed by atoms with Gasteiger partial charge in [0.05, 0.1) is 22.3 Å². The quantitative estimate of drug-likeness (QED) is 0.780. The van der Waals surface area contributed by atoms with Gasteiger partial charge in [0.25, 0.3) is 0 Å². The topological polar surface area (TPSA) is 81.6 Å². The van der Waals surface area contributed by atoms with Gasteiger partial charge in [-0.25, -0.2) is 0 Å². The molecule has 0 saturated heterocycles. The number of H-pyrrole nitrogens is 1. The van der Waals surface area contributed by atoms with E-state index in [9.17, 15) is 18.0 Å². The molecule has 9 heteroatoms. The van der Waals surface area contributed by atoms with Crippen LogP contribution in [-0.4, -0.2) is 16.1 Å². The molecule has 1 amide bonds. The van der Waals surface area contributed by atoms with Crippen LogP contribution in [-0.2, 0) is 11.0 Å². The molecule has 0 fully saturated rings. The number of carbonyl (C=O) groups is 1. The zero-order valence-corrected chi connectivity index (χ0v) is 13.0. The van der Waals surface area contributed by atoms with E-state index in [1.54, 1.807) is 0 Å². The summed E-state index contributed by atoms with van der Waals surface area (Å²) in [4.78, 5) is 11.6. The molecule has 2 N–H and O–H groups in total. The third kappa shape index (κ3) is 4.49. The molecular formula is C15H12ClF3N4O. The van der Waals surface area contributed by atoms with E-state index in [2.05, 4.69) is 15.5 Å². The lowest BCUT2D eigenvalue weighted by atomic mass is 10.1. The first kappa shape index (κ1) is 17.8. The summed E-state index contributed by atoms with van der Waals surface area (Å²) in [6.07, 6.45) is -3.71. The number of unbranched alkanes of at least 4 members (excludes halogenated alkanes) is 1. The van der Waals surface area contributed by atoms with Gasteiger partial charge in [0.15, 0.2) is 5.82 Å². The summed E-state index contributed by atoms with van der Waals surface area (Å²) in [7, 11) is 0. The number of carbonyl (C=O) groups excluding carboxylic acids is 1. The molecule has 0 aliphatic rings. The Morgan fingerprint density at radius 1 is 1.38 bits per heavy atom. The molecule has 2 aromatic rings. The molecule has 0 saturated carbocycles. The van der Waals surface area contributed by atoms with E-state index in [1.165, 1.54) is 12.1 Å². The van der Waals surface area contributed by atoms with Crippen molar-refractivity contribution in [2.24, 2.45) is 0 Å². The second-order valence-corrected chi connectivity index (χ2v) is 5.33. The highest BCUT2D eigenvalue weighted by Gasteiger charge is 2.33. The van der Waals surface area contributed by atoms with Crippen molar-refractivity contribution in [2.45, 2.75) is 25.4 Å². The molecule has 0 radical (unpaired) electrons. The monoisotopic (exact) mass is 356 g/mol. The summed E-state index contributed by atoms with van der Waals surface area (Å²) in [5, 5.41) is 16.9. The fourth-order valence-corrected chi connectivity index (χ4v) is 2.20. The van der Waals surface area contributed by atoms with Gasteiger partial charge in [-0.15, -0.1) is 0 Å². The van der Waals surface area contributed by atoms with Crippen LogP contribution < -0.4 is 5.32 Å². The lowest BCUT2D eigenvalue weighted by Crippen LogP contribution is -2.11. The van der Waals surface area contributed by atoms with Crippen molar-refractivity contribution in [3.8, 4) is 17.3 Å². The standard InChI is InChI=1S/C15H12ClF3N4O/c16-11-5-4-9(7-10(11)15(17,18)19)12-8-13(23-22-12)21-14(24)3-1-2-6-20/h4-5,7-8H,1-3H2,(H2,21,22,23,24). The Bertz CT molecular complexity index is 780. The minimum absolute atomic E-state index is 0.162. The molecule has 1 heterocycles. The van der Waals surface area contributed by atoms with E-state index in [0.29, 0.717) is 12.1 Å². The maximum absolute atomic E-state index is 12.9. The number of benzene rings is 1. The first-order valence-corrected chi connectivity index (χ1v) is 7.28. The number of halogens is 4. The van der Waals surface area contributed by atoms with Gasteiger partial charge in [-0.2, -0.15) is 23.5 Å². The average molecular weight is 357 g/mol. The zero-order valence-electron chi connectivity index (χ0n) is 12.2. The fourth-order valence-electron chi connectivity index (χ4n) is 1.98. The number of amides is 1. The molecule has 126 valence electrons. The second kappa shape index (κ2) is 7.36. The van der Waals surface area contributed by atoms with E-state index >= 15 is 0 Å². The molecule has 1 aromatic carbocycles. The van der Waals surface area contributed by atoms with Crippen molar-refractivity contribution >= 4 is 23.3 Å². The van der Waals surface area contributed by atoms with Crippen molar-refractivity contribution in [2.75, 3.05) is 5.32 Å². The normalized spacial score (nSPS) is 11.1. The summed E-state index contributed by atoms with van der Waals surface area (Å²) in [6.45, 7) is 0. The predicted molar refractivity (Wildman–Crippen MR) is 82.1 cm³/mol. The highest BCUT2D eigenvalue weighted by atomic mass is 35.5. The van der Waals surface area contributed by atoms with Crippen LogP contribution in [0.25, 0.3) is 11.3 Å². The van der Waals surface area contributed by atoms with Gasteiger partial charge in [-0.05, 0) is 18.6 Å². The Morgan fingerprint density at radius 2 is 2.12 bits per heavy atom. The minimum atomic E-state index is -4.56. The van der Waals surface area contributed by atoms with Crippen LogP contribution in [0.3, 0.4) is 0 Å². The summed E-state index contributed by atoms with van der Waals surface area (Å²) in [5.74, 6) is -0.133. The van der Waals surface area contributed by atoms with Crippen LogP contribution in [0.5, 0.6) is 0 Å². The van der Waals surface area contributed by atoms with E-state index in [4.69, 9.17) is 16.9 Å². The third-order valence-electron chi connectivity index (χ3n) is 3.12. The molecule has 0 unspecified atom stereocenters. The van der Waals surface area contributed by atoms with Crippen molar-refractivity contribution in [3.05, 3.63) is 34.9 Å². The van der Waals surface area contributed by atoms with Crippen LogP contribution in [0.4, 0.5) is 19.0 Å². The molecule has 0 spiro atoms. The Hall–Kier alpha value is -2.53. The lowest BCUT2D eigenvalue weighted by Gasteiger charge is -2.10. The van der Waals surface area contributed by atoms with Crippen LogP contribution in [0.15, 0.2) is 24.3 Å². The second-order valence-electron chi connectivity index (χ2n) is 4.92. The summed E-state index contributed by atoms with van der Waals surface area (Å²) < 4.78 is 38.6. The number of aromatic nitrogens is 2. The number of hydrogen-bond acceptors (Lipinski definition) is 3.